The Balaban J connectivity index is 2.21. The molecule has 0 bridgehead atoms. The van der Waals surface area contributed by atoms with Crippen molar-refractivity contribution in [1.29, 1.82) is 0 Å². The van der Waals surface area contributed by atoms with Gasteiger partial charge in [-0.1, -0.05) is 24.9 Å². The van der Waals surface area contributed by atoms with Crippen LogP contribution in [0.3, 0.4) is 0 Å². The molecule has 5 heteroatoms. The minimum absolute atomic E-state index is 0.748. The van der Waals surface area contributed by atoms with Crippen LogP contribution in [0.15, 0.2) is 29.0 Å². The van der Waals surface area contributed by atoms with Crippen LogP contribution in [0.2, 0.25) is 5.02 Å². The van der Waals surface area contributed by atoms with Gasteiger partial charge in [0.05, 0.1) is 5.69 Å². The molecular weight excluding hydrogens is 326 g/mol. The second kappa shape index (κ2) is 6.44. The third-order valence-corrected chi connectivity index (χ3v) is 4.03. The Labute approximate surface area is 127 Å². The molecule has 3 nitrogen and oxygen atoms in total. The van der Waals surface area contributed by atoms with Gasteiger partial charge in [0.1, 0.15) is 0 Å². The number of unbranched alkanes of at least 4 members (excludes halogenated alkanes) is 1. The molecule has 0 aliphatic heterocycles. The van der Waals surface area contributed by atoms with Gasteiger partial charge < -0.3 is 9.88 Å². The number of halogens is 2. The average molecular weight is 343 g/mol. The monoisotopic (exact) mass is 341 g/mol. The van der Waals surface area contributed by atoms with E-state index < -0.39 is 0 Å². The van der Waals surface area contributed by atoms with Gasteiger partial charge in [-0.25, -0.2) is 4.98 Å². The van der Waals surface area contributed by atoms with Crippen LogP contribution in [0.4, 0.5) is 11.6 Å². The number of aryl methyl sites for hydroxylation is 2. The Morgan fingerprint density at radius 2 is 2.21 bits per heavy atom. The fourth-order valence-electron chi connectivity index (χ4n) is 1.80. The Kier molecular flexibility index (Phi) is 4.88. The van der Waals surface area contributed by atoms with Crippen molar-refractivity contribution in [3.63, 3.8) is 0 Å². The molecule has 0 saturated heterocycles. The van der Waals surface area contributed by atoms with E-state index in [0.717, 1.165) is 46.1 Å². The number of imidazole rings is 1. The molecule has 102 valence electrons. The molecule has 0 aliphatic rings. The first-order valence-electron chi connectivity index (χ1n) is 6.35. The zero-order chi connectivity index (χ0) is 13.8. The lowest BCUT2D eigenvalue weighted by atomic mass is 10.2. The van der Waals surface area contributed by atoms with E-state index in [0.29, 0.717) is 0 Å². The molecule has 0 aliphatic carbocycles. The summed E-state index contributed by atoms with van der Waals surface area (Å²) in [6.07, 6.45) is 6.10. The van der Waals surface area contributed by atoms with Gasteiger partial charge in [-0.3, -0.25) is 0 Å². The molecule has 2 aromatic rings. The SMILES string of the molecule is CCCCn1ccnc1Nc1cc(Cl)c(C)cc1Br. The van der Waals surface area contributed by atoms with Gasteiger partial charge in [0.25, 0.3) is 0 Å². The first-order valence-corrected chi connectivity index (χ1v) is 7.52. The molecule has 0 radical (unpaired) electrons. The first-order chi connectivity index (χ1) is 9.11. The molecule has 1 N–H and O–H groups in total. The quantitative estimate of drug-likeness (QED) is 0.814. The number of hydrogen-bond acceptors (Lipinski definition) is 2. The molecule has 2 rings (SSSR count). The van der Waals surface area contributed by atoms with Gasteiger partial charge in [-0.15, -0.1) is 0 Å². The predicted octanol–water partition coefficient (Wildman–Crippen LogP) is 5.15. The number of anilines is 2. The van der Waals surface area contributed by atoms with Crippen LogP contribution in [0, 0.1) is 6.92 Å². The smallest absolute Gasteiger partial charge is 0.207 e. The summed E-state index contributed by atoms with van der Waals surface area (Å²) in [6, 6.07) is 3.92. The molecule has 0 fully saturated rings. The lowest BCUT2D eigenvalue weighted by Gasteiger charge is -2.12. The molecular formula is C14H17BrClN3. The maximum atomic E-state index is 6.16. The minimum Gasteiger partial charge on any atom is -0.325 e. The lowest BCUT2D eigenvalue weighted by molar-refractivity contribution is 0.638. The molecule has 1 aromatic carbocycles. The Morgan fingerprint density at radius 1 is 1.42 bits per heavy atom. The van der Waals surface area contributed by atoms with E-state index in [-0.39, 0.29) is 0 Å². The molecule has 0 spiro atoms. The summed E-state index contributed by atoms with van der Waals surface area (Å²) in [5.41, 5.74) is 1.98. The summed E-state index contributed by atoms with van der Waals surface area (Å²) < 4.78 is 3.10. The van der Waals surface area contributed by atoms with Crippen LogP contribution in [0.25, 0.3) is 0 Å². The molecule has 19 heavy (non-hydrogen) atoms. The van der Waals surface area contributed by atoms with E-state index in [1.54, 1.807) is 0 Å². The highest BCUT2D eigenvalue weighted by molar-refractivity contribution is 9.10. The molecule has 1 aromatic heterocycles. The van der Waals surface area contributed by atoms with Crippen LogP contribution in [0.1, 0.15) is 25.3 Å². The molecule has 0 unspecified atom stereocenters. The maximum Gasteiger partial charge on any atom is 0.207 e. The lowest BCUT2D eigenvalue weighted by Crippen LogP contribution is -2.03. The zero-order valence-corrected chi connectivity index (χ0v) is 13.4. The van der Waals surface area contributed by atoms with Crippen molar-refractivity contribution in [2.45, 2.75) is 33.2 Å². The molecule has 0 saturated carbocycles. The summed E-state index contributed by atoms with van der Waals surface area (Å²) in [7, 11) is 0. The van der Waals surface area contributed by atoms with Gasteiger partial charge >= 0.3 is 0 Å². The van der Waals surface area contributed by atoms with Crippen molar-refractivity contribution >= 4 is 39.2 Å². The van der Waals surface area contributed by atoms with Crippen LogP contribution < -0.4 is 5.32 Å². The van der Waals surface area contributed by atoms with Crippen LogP contribution in [-0.4, -0.2) is 9.55 Å². The Bertz CT molecular complexity index is 566. The highest BCUT2D eigenvalue weighted by Gasteiger charge is 2.08. The zero-order valence-electron chi connectivity index (χ0n) is 11.1. The van der Waals surface area contributed by atoms with E-state index in [1.165, 1.54) is 0 Å². The number of benzene rings is 1. The largest absolute Gasteiger partial charge is 0.325 e. The van der Waals surface area contributed by atoms with E-state index in [1.807, 2.05) is 31.5 Å². The summed E-state index contributed by atoms with van der Waals surface area (Å²) in [4.78, 5) is 4.35. The van der Waals surface area contributed by atoms with Crippen molar-refractivity contribution in [2.24, 2.45) is 0 Å². The average Bonchev–Trinajstić information content (AvgIpc) is 2.81. The molecule has 0 atom stereocenters. The number of hydrogen-bond donors (Lipinski definition) is 1. The first kappa shape index (κ1) is 14.4. The Hall–Kier alpha value is -1.000. The van der Waals surface area contributed by atoms with E-state index in [4.69, 9.17) is 11.6 Å². The second-order valence-electron chi connectivity index (χ2n) is 4.50. The van der Waals surface area contributed by atoms with E-state index in [2.05, 4.69) is 37.7 Å². The van der Waals surface area contributed by atoms with Gasteiger partial charge in [-0.2, -0.15) is 0 Å². The third-order valence-electron chi connectivity index (χ3n) is 2.96. The fourth-order valence-corrected chi connectivity index (χ4v) is 2.53. The topological polar surface area (TPSA) is 29.9 Å². The number of nitrogens with zero attached hydrogens (tertiary/aromatic N) is 2. The minimum atomic E-state index is 0.748. The summed E-state index contributed by atoms with van der Waals surface area (Å²) in [5.74, 6) is 0.842. The third kappa shape index (κ3) is 3.51. The Morgan fingerprint density at radius 3 is 2.95 bits per heavy atom. The van der Waals surface area contributed by atoms with Crippen molar-refractivity contribution in [3.8, 4) is 0 Å². The summed E-state index contributed by atoms with van der Waals surface area (Å²) >= 11 is 9.71. The molecule has 0 amide bonds. The highest BCUT2D eigenvalue weighted by atomic mass is 79.9. The van der Waals surface area contributed by atoms with Crippen LogP contribution in [-0.2, 0) is 6.54 Å². The second-order valence-corrected chi connectivity index (χ2v) is 5.77. The summed E-state index contributed by atoms with van der Waals surface area (Å²) in [6.45, 7) is 5.13. The number of nitrogens with one attached hydrogen (secondary N) is 1. The van der Waals surface area contributed by atoms with E-state index in [9.17, 15) is 0 Å². The van der Waals surface area contributed by atoms with Crippen molar-refractivity contribution in [2.75, 3.05) is 5.32 Å². The van der Waals surface area contributed by atoms with Crippen LogP contribution in [0.5, 0.6) is 0 Å². The van der Waals surface area contributed by atoms with Crippen molar-refractivity contribution in [1.82, 2.24) is 9.55 Å². The summed E-state index contributed by atoms with van der Waals surface area (Å²) in [5, 5.41) is 4.07. The van der Waals surface area contributed by atoms with Gasteiger partial charge in [0.15, 0.2) is 0 Å². The van der Waals surface area contributed by atoms with Crippen LogP contribution >= 0.6 is 27.5 Å². The van der Waals surface area contributed by atoms with Crippen molar-refractivity contribution in [3.05, 3.63) is 39.6 Å². The van der Waals surface area contributed by atoms with Gasteiger partial charge in [-0.05, 0) is 47.0 Å². The maximum absolute atomic E-state index is 6.16. The van der Waals surface area contributed by atoms with Gasteiger partial charge in [0, 0.05) is 28.4 Å². The molecule has 1 heterocycles. The number of rotatable bonds is 5. The van der Waals surface area contributed by atoms with E-state index >= 15 is 0 Å². The standard InChI is InChI=1S/C14H17BrClN3/c1-3-4-6-19-7-5-17-14(19)18-13-9-12(16)10(2)8-11(13)15/h5,7-9H,3-4,6H2,1-2H3,(H,17,18). The van der Waals surface area contributed by atoms with Gasteiger partial charge in [0.2, 0.25) is 5.95 Å². The fraction of sp³-hybridized carbons (Fsp3) is 0.357. The van der Waals surface area contributed by atoms with Crippen molar-refractivity contribution < 1.29 is 0 Å². The highest BCUT2D eigenvalue weighted by Crippen LogP contribution is 2.31. The number of aromatic nitrogens is 2. The normalized spacial score (nSPS) is 10.7. The predicted molar refractivity (Wildman–Crippen MR) is 84.3 cm³/mol.